The average molecular weight is 412 g/mol. The number of rotatable bonds is 6. The van der Waals surface area contributed by atoms with Crippen molar-refractivity contribution in [3.8, 4) is 11.3 Å². The Morgan fingerprint density at radius 2 is 1.71 bits per heavy atom. The van der Waals surface area contributed by atoms with Crippen LogP contribution in [0.15, 0.2) is 84.9 Å². The van der Waals surface area contributed by atoms with Crippen molar-refractivity contribution in [2.45, 2.75) is 13.5 Å². The van der Waals surface area contributed by atoms with Gasteiger partial charge in [-0.3, -0.25) is 4.79 Å². The van der Waals surface area contributed by atoms with E-state index in [0.29, 0.717) is 23.6 Å². The smallest absolute Gasteiger partial charge is 0.251 e. The van der Waals surface area contributed by atoms with Crippen LogP contribution in [0.1, 0.15) is 21.5 Å². The molecule has 6 heteroatoms. The molecule has 0 saturated carbocycles. The summed E-state index contributed by atoms with van der Waals surface area (Å²) in [5.74, 6) is 0.101. The Morgan fingerprint density at radius 3 is 2.45 bits per heavy atom. The highest BCUT2D eigenvalue weighted by atomic mass is 19.1. The summed E-state index contributed by atoms with van der Waals surface area (Å²) in [7, 11) is 0. The maximum atomic E-state index is 13.1. The molecule has 31 heavy (non-hydrogen) atoms. The van der Waals surface area contributed by atoms with E-state index in [1.165, 1.54) is 12.1 Å². The molecule has 1 aromatic heterocycles. The van der Waals surface area contributed by atoms with Crippen molar-refractivity contribution in [1.29, 1.82) is 0 Å². The van der Waals surface area contributed by atoms with Crippen LogP contribution in [0.25, 0.3) is 11.3 Å². The summed E-state index contributed by atoms with van der Waals surface area (Å²) in [6.45, 7) is 2.49. The van der Waals surface area contributed by atoms with E-state index in [4.69, 9.17) is 0 Å². The van der Waals surface area contributed by atoms with Gasteiger partial charge in [-0.1, -0.05) is 35.9 Å². The van der Waals surface area contributed by atoms with Crippen molar-refractivity contribution < 1.29 is 9.18 Å². The Hall–Kier alpha value is -4.06. The molecular weight excluding hydrogens is 391 g/mol. The molecule has 0 radical (unpaired) electrons. The van der Waals surface area contributed by atoms with Crippen molar-refractivity contribution in [2.24, 2.45) is 0 Å². The second-order valence-corrected chi connectivity index (χ2v) is 7.19. The van der Waals surface area contributed by atoms with E-state index < -0.39 is 0 Å². The van der Waals surface area contributed by atoms with Crippen LogP contribution < -0.4 is 10.6 Å². The molecule has 4 aromatic rings. The summed E-state index contributed by atoms with van der Waals surface area (Å²) in [4.78, 5) is 12.5. The third-order valence-corrected chi connectivity index (χ3v) is 4.74. The molecule has 4 rings (SSSR count). The minimum absolute atomic E-state index is 0.150. The first-order valence-corrected chi connectivity index (χ1v) is 9.87. The number of aryl methyl sites for hydroxylation is 1. The molecule has 0 saturated heterocycles. The second-order valence-electron chi connectivity index (χ2n) is 7.19. The van der Waals surface area contributed by atoms with Crippen molar-refractivity contribution in [3.63, 3.8) is 0 Å². The SMILES string of the molecule is Cc1cccc(CNC(=O)c2cccc(Nc3ccc(-c4ccc(F)cc4)nn3)c2)c1. The van der Waals surface area contributed by atoms with Gasteiger partial charge in [0.25, 0.3) is 5.91 Å². The highest BCUT2D eigenvalue weighted by Gasteiger charge is 2.07. The fraction of sp³-hybridized carbons (Fsp3) is 0.0800. The van der Waals surface area contributed by atoms with E-state index >= 15 is 0 Å². The normalized spacial score (nSPS) is 10.5. The fourth-order valence-corrected chi connectivity index (χ4v) is 3.17. The zero-order valence-corrected chi connectivity index (χ0v) is 17.0. The molecule has 5 nitrogen and oxygen atoms in total. The molecule has 0 atom stereocenters. The molecule has 0 aliphatic heterocycles. The predicted molar refractivity (Wildman–Crippen MR) is 119 cm³/mol. The van der Waals surface area contributed by atoms with E-state index in [2.05, 4.69) is 20.8 Å². The van der Waals surface area contributed by atoms with Gasteiger partial charge in [0.1, 0.15) is 5.82 Å². The summed E-state index contributed by atoms with van der Waals surface area (Å²) in [5, 5.41) is 14.5. The minimum atomic E-state index is -0.294. The van der Waals surface area contributed by atoms with Crippen LogP contribution in [0.3, 0.4) is 0 Å². The van der Waals surface area contributed by atoms with Crippen molar-refractivity contribution in [2.75, 3.05) is 5.32 Å². The number of anilines is 2. The lowest BCUT2D eigenvalue weighted by atomic mass is 10.1. The fourth-order valence-electron chi connectivity index (χ4n) is 3.17. The molecule has 0 fully saturated rings. The Bertz CT molecular complexity index is 1190. The van der Waals surface area contributed by atoms with Gasteiger partial charge in [0.05, 0.1) is 5.69 Å². The number of carbonyl (C=O) groups excluding carboxylic acids is 1. The van der Waals surface area contributed by atoms with Gasteiger partial charge in [-0.05, 0) is 67.1 Å². The molecule has 0 unspecified atom stereocenters. The van der Waals surface area contributed by atoms with Crippen LogP contribution in [-0.4, -0.2) is 16.1 Å². The summed E-state index contributed by atoms with van der Waals surface area (Å²) in [6, 6.07) is 24.9. The molecule has 3 aromatic carbocycles. The number of halogens is 1. The monoisotopic (exact) mass is 412 g/mol. The molecular formula is C25H21FN4O. The topological polar surface area (TPSA) is 66.9 Å². The Kier molecular flexibility index (Phi) is 5.98. The van der Waals surface area contributed by atoms with Crippen molar-refractivity contribution in [1.82, 2.24) is 15.5 Å². The number of hydrogen-bond donors (Lipinski definition) is 2. The predicted octanol–water partition coefficient (Wildman–Crippen LogP) is 5.26. The Balaban J connectivity index is 1.41. The maximum Gasteiger partial charge on any atom is 0.251 e. The zero-order chi connectivity index (χ0) is 21.6. The van der Waals surface area contributed by atoms with Gasteiger partial charge < -0.3 is 10.6 Å². The maximum absolute atomic E-state index is 13.1. The third kappa shape index (κ3) is 5.30. The van der Waals surface area contributed by atoms with Crippen LogP contribution in [-0.2, 0) is 6.54 Å². The molecule has 1 heterocycles. The van der Waals surface area contributed by atoms with Gasteiger partial charge in [-0.15, -0.1) is 10.2 Å². The number of nitrogens with zero attached hydrogens (tertiary/aromatic N) is 2. The molecule has 0 aliphatic carbocycles. The summed E-state index contributed by atoms with van der Waals surface area (Å²) in [5.41, 5.74) is 4.92. The van der Waals surface area contributed by atoms with Gasteiger partial charge in [-0.25, -0.2) is 4.39 Å². The standard InChI is InChI=1S/C25H21FN4O/c1-17-4-2-5-18(14-17)16-27-25(31)20-6-3-7-22(15-20)28-24-13-12-23(29-30-24)19-8-10-21(26)11-9-19/h2-15H,16H2,1H3,(H,27,31)(H,28,30). The highest BCUT2D eigenvalue weighted by molar-refractivity contribution is 5.95. The molecule has 0 spiro atoms. The van der Waals surface area contributed by atoms with Crippen molar-refractivity contribution >= 4 is 17.4 Å². The number of carbonyl (C=O) groups is 1. The van der Waals surface area contributed by atoms with Gasteiger partial charge in [-0.2, -0.15) is 0 Å². The van der Waals surface area contributed by atoms with Gasteiger partial charge in [0.2, 0.25) is 0 Å². The molecule has 2 N–H and O–H groups in total. The largest absolute Gasteiger partial charge is 0.348 e. The van der Waals surface area contributed by atoms with Gasteiger partial charge in [0.15, 0.2) is 5.82 Å². The lowest BCUT2D eigenvalue weighted by Gasteiger charge is -2.09. The quantitative estimate of drug-likeness (QED) is 0.453. The van der Waals surface area contributed by atoms with Gasteiger partial charge >= 0.3 is 0 Å². The van der Waals surface area contributed by atoms with Crippen LogP contribution in [0.2, 0.25) is 0 Å². The van der Waals surface area contributed by atoms with Crippen LogP contribution in [0, 0.1) is 12.7 Å². The van der Waals surface area contributed by atoms with E-state index in [9.17, 15) is 9.18 Å². The summed E-state index contributed by atoms with van der Waals surface area (Å²) in [6.07, 6.45) is 0. The summed E-state index contributed by atoms with van der Waals surface area (Å²) >= 11 is 0. The second kappa shape index (κ2) is 9.17. The van der Waals surface area contributed by atoms with E-state index in [1.807, 2.05) is 43.3 Å². The highest BCUT2D eigenvalue weighted by Crippen LogP contribution is 2.20. The van der Waals surface area contributed by atoms with E-state index in [0.717, 1.165) is 22.4 Å². The number of hydrogen-bond acceptors (Lipinski definition) is 4. The zero-order valence-electron chi connectivity index (χ0n) is 17.0. The summed E-state index contributed by atoms with van der Waals surface area (Å²) < 4.78 is 13.1. The van der Waals surface area contributed by atoms with Crippen LogP contribution >= 0.6 is 0 Å². The number of benzene rings is 3. The van der Waals surface area contributed by atoms with E-state index in [1.54, 1.807) is 36.4 Å². The first kappa shape index (κ1) is 20.2. The first-order chi connectivity index (χ1) is 15.1. The number of nitrogens with one attached hydrogen (secondary N) is 2. The van der Waals surface area contributed by atoms with Crippen LogP contribution in [0.5, 0.6) is 0 Å². The van der Waals surface area contributed by atoms with Gasteiger partial charge in [0, 0.05) is 23.4 Å². The van der Waals surface area contributed by atoms with Crippen molar-refractivity contribution in [3.05, 3.63) is 107 Å². The Labute approximate surface area is 180 Å². The number of amides is 1. The molecule has 0 bridgehead atoms. The van der Waals surface area contributed by atoms with E-state index in [-0.39, 0.29) is 11.7 Å². The molecule has 154 valence electrons. The average Bonchev–Trinajstić information content (AvgIpc) is 2.79. The molecule has 0 aliphatic rings. The third-order valence-electron chi connectivity index (χ3n) is 4.74. The lowest BCUT2D eigenvalue weighted by Crippen LogP contribution is -2.22. The number of aromatic nitrogens is 2. The van der Waals surface area contributed by atoms with Crippen LogP contribution in [0.4, 0.5) is 15.9 Å². The minimum Gasteiger partial charge on any atom is -0.348 e. The molecule has 1 amide bonds. The Morgan fingerprint density at radius 1 is 0.903 bits per heavy atom. The first-order valence-electron chi connectivity index (χ1n) is 9.87. The lowest BCUT2D eigenvalue weighted by molar-refractivity contribution is 0.0951.